The third-order valence-electron chi connectivity index (χ3n) is 2.53. The number of hydrogen-bond acceptors (Lipinski definition) is 3. The summed E-state index contributed by atoms with van der Waals surface area (Å²) < 4.78 is 5.34. The van der Waals surface area contributed by atoms with Crippen molar-refractivity contribution < 1.29 is 14.4 Å². The zero-order chi connectivity index (χ0) is 13.0. The normalized spacial score (nSPS) is 15.6. The van der Waals surface area contributed by atoms with Crippen molar-refractivity contribution in [1.29, 1.82) is 0 Å². The molecule has 0 radical (unpaired) electrons. The fourth-order valence-corrected chi connectivity index (χ4v) is 2.06. The van der Waals surface area contributed by atoms with Crippen molar-refractivity contribution in [3.05, 3.63) is 28.2 Å². The molecule has 1 aromatic rings. The van der Waals surface area contributed by atoms with Gasteiger partial charge in [0.1, 0.15) is 5.75 Å². The smallest absolute Gasteiger partial charge is 0.283 e. The summed E-state index contributed by atoms with van der Waals surface area (Å²) in [5, 5.41) is 2.25. The number of amides is 1. The summed E-state index contributed by atoms with van der Waals surface area (Å²) in [5.74, 6) is 0.229. The quantitative estimate of drug-likeness (QED) is 0.859. The Bertz CT molecular complexity index is 433. The number of halogens is 2. The zero-order valence-electron chi connectivity index (χ0n) is 9.70. The van der Waals surface area contributed by atoms with Gasteiger partial charge in [0.15, 0.2) is 6.61 Å². The van der Waals surface area contributed by atoms with Gasteiger partial charge in [-0.15, -0.1) is 0 Å². The fourth-order valence-electron chi connectivity index (χ4n) is 1.60. The second-order valence-corrected chi connectivity index (χ2v) is 4.74. The Morgan fingerprint density at radius 1 is 1.39 bits per heavy atom. The molecule has 1 fully saturated rings. The van der Waals surface area contributed by atoms with Gasteiger partial charge >= 0.3 is 0 Å². The molecule has 4 nitrogen and oxygen atoms in total. The van der Waals surface area contributed by atoms with Gasteiger partial charge < -0.3 is 4.74 Å². The number of carbonyl (C=O) groups excluding carboxylic acids is 1. The lowest BCUT2D eigenvalue weighted by atomic mass is 10.3. The first-order valence-electron chi connectivity index (χ1n) is 5.68. The monoisotopic (exact) mass is 289 g/mol. The van der Waals surface area contributed by atoms with Crippen LogP contribution in [0.4, 0.5) is 0 Å². The van der Waals surface area contributed by atoms with E-state index in [0.29, 0.717) is 28.9 Å². The molecule has 0 aliphatic carbocycles. The second-order valence-electron chi connectivity index (χ2n) is 3.90. The average molecular weight is 290 g/mol. The van der Waals surface area contributed by atoms with Crippen molar-refractivity contribution in [2.45, 2.75) is 12.8 Å². The highest BCUT2D eigenvalue weighted by Crippen LogP contribution is 2.27. The highest BCUT2D eigenvalue weighted by molar-refractivity contribution is 6.35. The zero-order valence-corrected chi connectivity index (χ0v) is 11.2. The number of ether oxygens (including phenoxy) is 1. The van der Waals surface area contributed by atoms with Gasteiger partial charge in [0.2, 0.25) is 0 Å². The van der Waals surface area contributed by atoms with Gasteiger partial charge in [0, 0.05) is 11.6 Å². The van der Waals surface area contributed by atoms with Crippen LogP contribution in [0.15, 0.2) is 18.2 Å². The molecular formula is C12H13Cl2NO3. The van der Waals surface area contributed by atoms with Crippen LogP contribution in [0.2, 0.25) is 10.0 Å². The van der Waals surface area contributed by atoms with Crippen molar-refractivity contribution in [2.75, 3.05) is 19.8 Å². The molecule has 6 heteroatoms. The molecule has 1 aromatic carbocycles. The summed E-state index contributed by atoms with van der Waals surface area (Å²) in [5.41, 5.74) is 0. The third-order valence-corrected chi connectivity index (χ3v) is 3.06. The molecule has 0 bridgehead atoms. The minimum Gasteiger partial charge on any atom is -0.482 e. The van der Waals surface area contributed by atoms with Crippen LogP contribution in [0, 0.1) is 0 Å². The van der Waals surface area contributed by atoms with Crippen molar-refractivity contribution in [2.24, 2.45) is 0 Å². The molecule has 2 rings (SSSR count). The van der Waals surface area contributed by atoms with E-state index in [9.17, 15) is 4.79 Å². The Labute approximate surface area is 115 Å². The molecule has 0 aromatic heterocycles. The van der Waals surface area contributed by atoms with Crippen molar-refractivity contribution in [1.82, 2.24) is 5.06 Å². The van der Waals surface area contributed by atoms with E-state index < -0.39 is 0 Å². The van der Waals surface area contributed by atoms with E-state index in [0.717, 1.165) is 12.8 Å². The maximum Gasteiger partial charge on any atom is 0.283 e. The minimum absolute atomic E-state index is 0.0959. The van der Waals surface area contributed by atoms with E-state index in [4.69, 9.17) is 32.8 Å². The topological polar surface area (TPSA) is 38.8 Å². The van der Waals surface area contributed by atoms with Crippen LogP contribution in [0.3, 0.4) is 0 Å². The lowest BCUT2D eigenvalue weighted by Crippen LogP contribution is -2.38. The molecule has 98 valence electrons. The molecule has 1 saturated heterocycles. The Kier molecular flexibility index (Phi) is 4.69. The van der Waals surface area contributed by atoms with Crippen LogP contribution < -0.4 is 4.74 Å². The summed E-state index contributed by atoms with van der Waals surface area (Å²) >= 11 is 11.7. The van der Waals surface area contributed by atoms with Crippen LogP contribution in [-0.4, -0.2) is 30.7 Å². The molecule has 1 aliphatic rings. The Morgan fingerprint density at radius 2 is 2.22 bits per heavy atom. The summed E-state index contributed by atoms with van der Waals surface area (Å²) in [6.45, 7) is 1.09. The lowest BCUT2D eigenvalue weighted by Gasteiger charge is -2.25. The van der Waals surface area contributed by atoms with E-state index in [1.165, 1.54) is 5.06 Å². The molecule has 0 spiro atoms. The predicted molar refractivity (Wildman–Crippen MR) is 68.9 cm³/mol. The number of carbonyl (C=O) groups is 1. The third kappa shape index (κ3) is 3.51. The van der Waals surface area contributed by atoms with Gasteiger partial charge in [-0.05, 0) is 31.0 Å². The van der Waals surface area contributed by atoms with Crippen LogP contribution in [0.25, 0.3) is 0 Å². The highest BCUT2D eigenvalue weighted by atomic mass is 35.5. The minimum atomic E-state index is -0.208. The van der Waals surface area contributed by atoms with Gasteiger partial charge in [-0.25, -0.2) is 5.06 Å². The van der Waals surface area contributed by atoms with E-state index in [2.05, 4.69) is 0 Å². The molecule has 0 saturated carbocycles. The van der Waals surface area contributed by atoms with Gasteiger partial charge in [-0.1, -0.05) is 23.2 Å². The van der Waals surface area contributed by atoms with Crippen molar-refractivity contribution >= 4 is 29.1 Å². The maximum absolute atomic E-state index is 11.8. The standard InChI is InChI=1S/C12H13Cl2NO3/c13-9-3-4-11(10(14)7-9)17-8-12(16)15-5-1-2-6-18-15/h3-4,7H,1-2,5-6,8H2. The Balaban J connectivity index is 1.88. The van der Waals surface area contributed by atoms with Gasteiger partial charge in [-0.2, -0.15) is 0 Å². The largest absolute Gasteiger partial charge is 0.482 e. The van der Waals surface area contributed by atoms with Crippen LogP contribution in [-0.2, 0) is 9.63 Å². The molecular weight excluding hydrogens is 277 g/mol. The van der Waals surface area contributed by atoms with Crippen LogP contribution in [0.1, 0.15) is 12.8 Å². The Hall–Kier alpha value is -0.970. The number of hydrogen-bond donors (Lipinski definition) is 0. The number of nitrogens with zero attached hydrogens (tertiary/aromatic N) is 1. The molecule has 18 heavy (non-hydrogen) atoms. The Morgan fingerprint density at radius 3 is 2.89 bits per heavy atom. The van der Waals surface area contributed by atoms with Crippen molar-refractivity contribution in [3.8, 4) is 5.75 Å². The molecule has 0 unspecified atom stereocenters. The number of benzene rings is 1. The summed E-state index contributed by atoms with van der Waals surface area (Å²) in [6.07, 6.45) is 1.93. The summed E-state index contributed by atoms with van der Waals surface area (Å²) in [7, 11) is 0. The lowest BCUT2D eigenvalue weighted by molar-refractivity contribution is -0.198. The molecule has 1 aliphatic heterocycles. The summed E-state index contributed by atoms with van der Waals surface area (Å²) in [6, 6.07) is 4.86. The molecule has 1 amide bonds. The van der Waals surface area contributed by atoms with Crippen LogP contribution in [0.5, 0.6) is 5.75 Å². The maximum atomic E-state index is 11.8. The molecule has 0 atom stereocenters. The number of hydroxylamine groups is 2. The van der Waals surface area contributed by atoms with E-state index >= 15 is 0 Å². The van der Waals surface area contributed by atoms with Gasteiger partial charge in [-0.3, -0.25) is 9.63 Å². The first kappa shape index (κ1) is 13.5. The molecule has 0 N–H and O–H groups in total. The van der Waals surface area contributed by atoms with E-state index in [1.54, 1.807) is 18.2 Å². The second kappa shape index (κ2) is 6.27. The van der Waals surface area contributed by atoms with Crippen molar-refractivity contribution in [3.63, 3.8) is 0 Å². The molecule has 1 heterocycles. The van der Waals surface area contributed by atoms with E-state index in [-0.39, 0.29) is 12.5 Å². The summed E-state index contributed by atoms with van der Waals surface area (Å²) in [4.78, 5) is 17.0. The average Bonchev–Trinajstić information content (AvgIpc) is 2.38. The van der Waals surface area contributed by atoms with Gasteiger partial charge in [0.25, 0.3) is 5.91 Å². The number of rotatable bonds is 3. The van der Waals surface area contributed by atoms with E-state index in [1.807, 2.05) is 0 Å². The highest BCUT2D eigenvalue weighted by Gasteiger charge is 2.18. The van der Waals surface area contributed by atoms with Crippen LogP contribution >= 0.6 is 23.2 Å². The predicted octanol–water partition coefficient (Wildman–Crippen LogP) is 2.93. The fraction of sp³-hybridized carbons (Fsp3) is 0.417. The van der Waals surface area contributed by atoms with Gasteiger partial charge in [0.05, 0.1) is 11.6 Å². The SMILES string of the molecule is O=C(COc1ccc(Cl)cc1Cl)N1CCCCO1. The first-order chi connectivity index (χ1) is 8.66. The first-order valence-corrected chi connectivity index (χ1v) is 6.43.